The Morgan fingerprint density at radius 1 is 1.09 bits per heavy atom. The molecule has 0 amide bonds. The molecule has 0 spiro atoms. The van der Waals surface area contributed by atoms with E-state index in [2.05, 4.69) is 39.5 Å². The van der Waals surface area contributed by atoms with Crippen molar-refractivity contribution in [2.24, 2.45) is 0 Å². The number of hydrogen-bond acceptors (Lipinski definition) is 0. The van der Waals surface area contributed by atoms with Crippen molar-refractivity contribution < 1.29 is 0 Å². The Labute approximate surface area is 68.6 Å². The lowest BCUT2D eigenvalue weighted by Gasteiger charge is -2.05. The molecule has 1 rings (SSSR count). The van der Waals surface area contributed by atoms with E-state index in [0.717, 1.165) is 0 Å². The molecule has 0 aliphatic heterocycles. The zero-order chi connectivity index (χ0) is 8.43. The van der Waals surface area contributed by atoms with Crippen LogP contribution in [0, 0.1) is 20.8 Å². The maximum absolute atomic E-state index is 3.74. The van der Waals surface area contributed by atoms with Crippen LogP contribution in [0.5, 0.6) is 0 Å². The van der Waals surface area contributed by atoms with Crippen LogP contribution in [0.3, 0.4) is 0 Å². The first kappa shape index (κ1) is 8.06. The predicted octanol–water partition coefficient (Wildman–Crippen LogP) is 3.25. The van der Waals surface area contributed by atoms with E-state index in [4.69, 9.17) is 0 Å². The van der Waals surface area contributed by atoms with Crippen LogP contribution in [0.4, 0.5) is 0 Å². The van der Waals surface area contributed by atoms with E-state index >= 15 is 0 Å². The van der Waals surface area contributed by atoms with Gasteiger partial charge in [-0.2, -0.15) is 0 Å². The van der Waals surface area contributed by atoms with E-state index in [1.54, 1.807) is 0 Å². The second kappa shape index (κ2) is 2.91. The van der Waals surface area contributed by atoms with Crippen molar-refractivity contribution >= 4 is 6.08 Å². The fraction of sp³-hybridized carbons (Fsp3) is 0.273. The van der Waals surface area contributed by atoms with Gasteiger partial charge in [-0.1, -0.05) is 24.8 Å². The molecule has 0 aromatic heterocycles. The van der Waals surface area contributed by atoms with Gasteiger partial charge in [-0.3, -0.25) is 0 Å². The summed E-state index contributed by atoms with van der Waals surface area (Å²) >= 11 is 0. The molecule has 0 N–H and O–H groups in total. The summed E-state index contributed by atoms with van der Waals surface area (Å²) in [6.07, 6.45) is 1.89. The molecular weight excluding hydrogens is 132 g/mol. The minimum atomic E-state index is 1.21. The van der Waals surface area contributed by atoms with Gasteiger partial charge in [0.2, 0.25) is 0 Å². The monoisotopic (exact) mass is 146 g/mol. The SMILES string of the molecule is C=Cc1cc(C)c(C)c(C)c1. The molecule has 11 heavy (non-hydrogen) atoms. The van der Waals surface area contributed by atoms with Crippen LogP contribution in [-0.2, 0) is 0 Å². The average Bonchev–Trinajstić information content (AvgIpc) is 1.99. The van der Waals surface area contributed by atoms with Crippen molar-refractivity contribution in [2.45, 2.75) is 20.8 Å². The zero-order valence-corrected chi connectivity index (χ0v) is 7.44. The summed E-state index contributed by atoms with van der Waals surface area (Å²) in [6.45, 7) is 10.2. The molecule has 1 aromatic rings. The molecule has 0 radical (unpaired) electrons. The molecule has 0 fully saturated rings. The van der Waals surface area contributed by atoms with Crippen molar-refractivity contribution in [1.29, 1.82) is 0 Å². The van der Waals surface area contributed by atoms with E-state index < -0.39 is 0 Å². The topological polar surface area (TPSA) is 0 Å². The van der Waals surface area contributed by atoms with Gasteiger partial charge in [-0.15, -0.1) is 0 Å². The van der Waals surface area contributed by atoms with E-state index in [0.29, 0.717) is 0 Å². The van der Waals surface area contributed by atoms with Gasteiger partial charge in [0.05, 0.1) is 0 Å². The molecule has 0 unspecified atom stereocenters. The molecule has 58 valence electrons. The van der Waals surface area contributed by atoms with E-state index in [9.17, 15) is 0 Å². The van der Waals surface area contributed by atoms with Crippen LogP contribution < -0.4 is 0 Å². The minimum absolute atomic E-state index is 1.21. The fourth-order valence-electron chi connectivity index (χ4n) is 1.19. The number of rotatable bonds is 1. The molecular formula is C11H14. The smallest absolute Gasteiger partial charge is 0.0257 e. The lowest BCUT2D eigenvalue weighted by molar-refractivity contribution is 1.26. The summed E-state index contributed by atoms with van der Waals surface area (Å²) in [5.74, 6) is 0. The number of hydrogen-bond donors (Lipinski definition) is 0. The second-order valence-corrected chi connectivity index (χ2v) is 2.98. The standard InChI is InChI=1S/C11H14/c1-5-11-6-8(2)10(4)9(3)7-11/h5-7H,1H2,2-4H3. The third-order valence-corrected chi connectivity index (χ3v) is 2.19. The highest BCUT2D eigenvalue weighted by Gasteiger charge is 1.97. The summed E-state index contributed by atoms with van der Waals surface area (Å²) in [5.41, 5.74) is 5.29. The van der Waals surface area contributed by atoms with E-state index in [-0.39, 0.29) is 0 Å². The highest BCUT2D eigenvalue weighted by Crippen LogP contribution is 2.15. The number of benzene rings is 1. The minimum Gasteiger partial charge on any atom is -0.0985 e. The maximum Gasteiger partial charge on any atom is -0.0257 e. The first-order chi connectivity index (χ1) is 5.15. The highest BCUT2D eigenvalue weighted by molar-refractivity contribution is 5.52. The summed E-state index contributed by atoms with van der Waals surface area (Å²) in [4.78, 5) is 0. The molecule has 0 nitrogen and oxygen atoms in total. The van der Waals surface area contributed by atoms with Gasteiger partial charge in [0.25, 0.3) is 0 Å². The zero-order valence-electron chi connectivity index (χ0n) is 7.44. The van der Waals surface area contributed by atoms with Crippen molar-refractivity contribution in [3.63, 3.8) is 0 Å². The average molecular weight is 146 g/mol. The van der Waals surface area contributed by atoms with Gasteiger partial charge < -0.3 is 0 Å². The van der Waals surface area contributed by atoms with Crippen LogP contribution >= 0.6 is 0 Å². The van der Waals surface area contributed by atoms with Crippen LogP contribution in [0.15, 0.2) is 18.7 Å². The molecule has 0 saturated heterocycles. The Bertz CT molecular complexity index is 259. The predicted molar refractivity (Wildman–Crippen MR) is 50.7 cm³/mol. The Morgan fingerprint density at radius 2 is 1.55 bits per heavy atom. The van der Waals surface area contributed by atoms with E-state index in [1.807, 2.05) is 6.08 Å². The van der Waals surface area contributed by atoms with Gasteiger partial charge in [-0.25, -0.2) is 0 Å². The van der Waals surface area contributed by atoms with Gasteiger partial charge in [0.15, 0.2) is 0 Å². The normalized spacial score (nSPS) is 9.73. The number of aryl methyl sites for hydroxylation is 2. The lowest BCUT2D eigenvalue weighted by atomic mass is 10.0. The molecule has 0 heterocycles. The van der Waals surface area contributed by atoms with Crippen LogP contribution in [-0.4, -0.2) is 0 Å². The van der Waals surface area contributed by atoms with Gasteiger partial charge >= 0.3 is 0 Å². The summed E-state index contributed by atoms with van der Waals surface area (Å²) < 4.78 is 0. The van der Waals surface area contributed by atoms with Crippen LogP contribution in [0.25, 0.3) is 6.08 Å². The summed E-state index contributed by atoms with van der Waals surface area (Å²) in [7, 11) is 0. The van der Waals surface area contributed by atoms with Crippen molar-refractivity contribution in [1.82, 2.24) is 0 Å². The van der Waals surface area contributed by atoms with Crippen LogP contribution in [0.1, 0.15) is 22.3 Å². The molecule has 0 aliphatic carbocycles. The Morgan fingerprint density at radius 3 is 1.91 bits per heavy atom. The molecule has 0 heteroatoms. The van der Waals surface area contributed by atoms with Gasteiger partial charge in [-0.05, 0) is 43.0 Å². The van der Waals surface area contributed by atoms with Crippen molar-refractivity contribution in [3.05, 3.63) is 41.0 Å². The summed E-state index contributed by atoms with van der Waals surface area (Å²) in [6, 6.07) is 4.32. The lowest BCUT2D eigenvalue weighted by Crippen LogP contribution is -1.87. The molecule has 0 aliphatic rings. The van der Waals surface area contributed by atoms with E-state index in [1.165, 1.54) is 22.3 Å². The Kier molecular flexibility index (Phi) is 2.13. The quantitative estimate of drug-likeness (QED) is 0.570. The Balaban J connectivity index is 3.31. The maximum atomic E-state index is 3.74. The first-order valence-electron chi connectivity index (χ1n) is 3.85. The highest BCUT2D eigenvalue weighted by atomic mass is 14.0. The fourth-order valence-corrected chi connectivity index (χ4v) is 1.19. The van der Waals surface area contributed by atoms with Crippen molar-refractivity contribution in [3.8, 4) is 0 Å². The summed E-state index contributed by atoms with van der Waals surface area (Å²) in [5, 5.41) is 0. The third kappa shape index (κ3) is 1.51. The molecule has 1 aromatic carbocycles. The van der Waals surface area contributed by atoms with Crippen LogP contribution in [0.2, 0.25) is 0 Å². The van der Waals surface area contributed by atoms with Gasteiger partial charge in [0, 0.05) is 0 Å². The second-order valence-electron chi connectivity index (χ2n) is 2.98. The molecule has 0 bridgehead atoms. The van der Waals surface area contributed by atoms with Gasteiger partial charge in [0.1, 0.15) is 0 Å². The third-order valence-electron chi connectivity index (χ3n) is 2.19. The Hall–Kier alpha value is -1.04. The largest absolute Gasteiger partial charge is 0.0985 e. The molecule has 0 saturated carbocycles. The first-order valence-corrected chi connectivity index (χ1v) is 3.85. The van der Waals surface area contributed by atoms with Crippen molar-refractivity contribution in [2.75, 3.05) is 0 Å². The molecule has 0 atom stereocenters.